The van der Waals surface area contributed by atoms with E-state index in [-0.39, 0.29) is 6.42 Å². The number of carbonyl (C=O) groups excluding carboxylic acids is 1. The number of hydrogen-bond donors (Lipinski definition) is 1. The molecule has 4 heteroatoms. The number of carboxylic acids is 1. The van der Waals surface area contributed by atoms with E-state index in [1.807, 2.05) is 6.92 Å². The molecule has 0 amide bonds. The Labute approximate surface area is 110 Å². The molecule has 0 saturated carbocycles. The standard InChI is InChI=1S/C14H26O4/c1-6-7-10(2)8-11(13(16)17)9-12(15)18-14(3,4)5/h10-11H,6-9H2,1-5H3,(H,16,17)/t10?,11-/m1/s1. The lowest BCUT2D eigenvalue weighted by Crippen LogP contribution is -2.28. The molecule has 0 rings (SSSR count). The van der Waals surface area contributed by atoms with Crippen molar-refractivity contribution in [1.82, 2.24) is 0 Å². The number of hydrogen-bond acceptors (Lipinski definition) is 3. The molecule has 0 fully saturated rings. The van der Waals surface area contributed by atoms with Crippen molar-refractivity contribution in [3.05, 3.63) is 0 Å². The Morgan fingerprint density at radius 1 is 1.28 bits per heavy atom. The van der Waals surface area contributed by atoms with Crippen LogP contribution in [0.25, 0.3) is 0 Å². The van der Waals surface area contributed by atoms with Gasteiger partial charge in [-0.15, -0.1) is 0 Å². The zero-order valence-corrected chi connectivity index (χ0v) is 12.2. The fourth-order valence-electron chi connectivity index (χ4n) is 1.95. The number of aliphatic carboxylic acids is 1. The summed E-state index contributed by atoms with van der Waals surface area (Å²) in [7, 11) is 0. The molecule has 2 atom stereocenters. The molecule has 0 radical (unpaired) electrons. The highest BCUT2D eigenvalue weighted by atomic mass is 16.6. The third-order valence-electron chi connectivity index (χ3n) is 2.65. The molecule has 1 unspecified atom stereocenters. The van der Waals surface area contributed by atoms with Crippen LogP contribution >= 0.6 is 0 Å². The molecule has 0 heterocycles. The lowest BCUT2D eigenvalue weighted by Gasteiger charge is -2.22. The van der Waals surface area contributed by atoms with Crippen LogP contribution in [-0.2, 0) is 14.3 Å². The van der Waals surface area contributed by atoms with Gasteiger partial charge in [0.15, 0.2) is 0 Å². The predicted molar refractivity (Wildman–Crippen MR) is 70.3 cm³/mol. The summed E-state index contributed by atoms with van der Waals surface area (Å²) in [6, 6.07) is 0. The average Bonchev–Trinajstić information content (AvgIpc) is 2.13. The summed E-state index contributed by atoms with van der Waals surface area (Å²) in [6.45, 7) is 9.43. The lowest BCUT2D eigenvalue weighted by molar-refractivity contribution is -0.160. The van der Waals surface area contributed by atoms with Crippen molar-refractivity contribution in [2.24, 2.45) is 11.8 Å². The second kappa shape index (κ2) is 7.39. The highest BCUT2D eigenvalue weighted by Gasteiger charge is 2.26. The van der Waals surface area contributed by atoms with Crippen molar-refractivity contribution in [3.8, 4) is 0 Å². The Balaban J connectivity index is 4.36. The van der Waals surface area contributed by atoms with E-state index in [4.69, 9.17) is 9.84 Å². The van der Waals surface area contributed by atoms with Crippen LogP contribution in [0.1, 0.15) is 60.3 Å². The average molecular weight is 258 g/mol. The van der Waals surface area contributed by atoms with Gasteiger partial charge in [0.25, 0.3) is 0 Å². The Bertz CT molecular complexity index is 278. The highest BCUT2D eigenvalue weighted by Crippen LogP contribution is 2.21. The quantitative estimate of drug-likeness (QED) is 0.712. The van der Waals surface area contributed by atoms with Crippen molar-refractivity contribution in [2.75, 3.05) is 0 Å². The fraction of sp³-hybridized carbons (Fsp3) is 0.857. The van der Waals surface area contributed by atoms with Crippen LogP contribution in [0.4, 0.5) is 0 Å². The fourth-order valence-corrected chi connectivity index (χ4v) is 1.95. The van der Waals surface area contributed by atoms with Crippen LogP contribution in [0, 0.1) is 11.8 Å². The third kappa shape index (κ3) is 8.09. The van der Waals surface area contributed by atoms with Gasteiger partial charge in [-0.1, -0.05) is 26.7 Å². The largest absolute Gasteiger partial charge is 0.481 e. The van der Waals surface area contributed by atoms with Crippen LogP contribution in [0.15, 0.2) is 0 Å². The number of carboxylic acid groups (broad SMARTS) is 1. The van der Waals surface area contributed by atoms with E-state index in [0.717, 1.165) is 12.8 Å². The monoisotopic (exact) mass is 258 g/mol. The van der Waals surface area contributed by atoms with Crippen molar-refractivity contribution in [3.63, 3.8) is 0 Å². The minimum atomic E-state index is -0.913. The summed E-state index contributed by atoms with van der Waals surface area (Å²) < 4.78 is 5.16. The van der Waals surface area contributed by atoms with Crippen molar-refractivity contribution >= 4 is 11.9 Å². The van der Waals surface area contributed by atoms with Crippen LogP contribution in [-0.4, -0.2) is 22.6 Å². The number of esters is 1. The maximum Gasteiger partial charge on any atom is 0.307 e. The van der Waals surface area contributed by atoms with Gasteiger partial charge in [0.1, 0.15) is 5.60 Å². The molecule has 0 aromatic rings. The Morgan fingerprint density at radius 2 is 1.83 bits per heavy atom. The molecule has 0 saturated heterocycles. The normalized spacial score (nSPS) is 14.9. The van der Waals surface area contributed by atoms with Gasteiger partial charge in [-0.3, -0.25) is 9.59 Å². The summed E-state index contributed by atoms with van der Waals surface area (Å²) in [5.74, 6) is -1.66. The van der Waals surface area contributed by atoms with Crippen molar-refractivity contribution in [2.45, 2.75) is 65.9 Å². The first-order valence-electron chi connectivity index (χ1n) is 6.60. The topological polar surface area (TPSA) is 63.6 Å². The molecule has 0 aliphatic carbocycles. The van der Waals surface area contributed by atoms with E-state index < -0.39 is 23.5 Å². The SMILES string of the molecule is CCCC(C)C[C@H](CC(=O)OC(C)(C)C)C(=O)O. The summed E-state index contributed by atoms with van der Waals surface area (Å²) in [5, 5.41) is 9.13. The van der Waals surface area contributed by atoms with Gasteiger partial charge in [-0.2, -0.15) is 0 Å². The van der Waals surface area contributed by atoms with E-state index in [1.165, 1.54) is 0 Å². The van der Waals surface area contributed by atoms with Gasteiger partial charge in [0, 0.05) is 0 Å². The van der Waals surface area contributed by atoms with Gasteiger partial charge in [0.05, 0.1) is 12.3 Å². The summed E-state index contributed by atoms with van der Waals surface area (Å²) in [4.78, 5) is 22.8. The molecule has 0 aromatic carbocycles. The molecule has 0 aromatic heterocycles. The van der Waals surface area contributed by atoms with Gasteiger partial charge < -0.3 is 9.84 Å². The maximum absolute atomic E-state index is 11.6. The molecular formula is C14H26O4. The van der Waals surface area contributed by atoms with E-state index in [0.29, 0.717) is 12.3 Å². The second-order valence-corrected chi connectivity index (χ2v) is 5.96. The number of carbonyl (C=O) groups is 2. The van der Waals surface area contributed by atoms with Gasteiger partial charge >= 0.3 is 11.9 Å². The minimum absolute atomic E-state index is 0.0410. The van der Waals surface area contributed by atoms with E-state index in [9.17, 15) is 9.59 Å². The Kier molecular flexibility index (Phi) is 6.96. The first-order valence-corrected chi connectivity index (χ1v) is 6.60. The Morgan fingerprint density at radius 3 is 2.22 bits per heavy atom. The summed E-state index contributed by atoms with van der Waals surface area (Å²) in [5.41, 5.74) is -0.560. The predicted octanol–water partition coefficient (Wildman–Crippen LogP) is 3.25. The molecule has 18 heavy (non-hydrogen) atoms. The maximum atomic E-state index is 11.6. The Hall–Kier alpha value is -1.06. The smallest absolute Gasteiger partial charge is 0.307 e. The summed E-state index contributed by atoms with van der Waals surface area (Å²) >= 11 is 0. The first kappa shape index (κ1) is 16.9. The van der Waals surface area contributed by atoms with E-state index in [2.05, 4.69) is 6.92 Å². The molecule has 0 bridgehead atoms. The van der Waals surface area contributed by atoms with Crippen LogP contribution in [0.5, 0.6) is 0 Å². The summed E-state index contributed by atoms with van der Waals surface area (Å²) in [6.07, 6.45) is 2.50. The molecular weight excluding hydrogens is 232 g/mol. The van der Waals surface area contributed by atoms with Gasteiger partial charge in [0.2, 0.25) is 0 Å². The van der Waals surface area contributed by atoms with Crippen molar-refractivity contribution < 1.29 is 19.4 Å². The molecule has 4 nitrogen and oxygen atoms in total. The first-order chi connectivity index (χ1) is 8.15. The molecule has 0 aliphatic rings. The lowest BCUT2D eigenvalue weighted by atomic mass is 9.90. The zero-order valence-electron chi connectivity index (χ0n) is 12.2. The minimum Gasteiger partial charge on any atom is -0.481 e. The number of ether oxygens (including phenoxy) is 1. The van der Waals surface area contributed by atoms with E-state index in [1.54, 1.807) is 20.8 Å². The van der Waals surface area contributed by atoms with Crippen LogP contribution in [0.3, 0.4) is 0 Å². The van der Waals surface area contributed by atoms with E-state index >= 15 is 0 Å². The second-order valence-electron chi connectivity index (χ2n) is 5.96. The van der Waals surface area contributed by atoms with Crippen LogP contribution in [0.2, 0.25) is 0 Å². The number of rotatable bonds is 7. The molecule has 0 aliphatic heterocycles. The highest BCUT2D eigenvalue weighted by molar-refractivity contribution is 5.78. The third-order valence-corrected chi connectivity index (χ3v) is 2.65. The molecule has 1 N–H and O–H groups in total. The van der Waals surface area contributed by atoms with Gasteiger partial charge in [-0.25, -0.2) is 0 Å². The molecule has 106 valence electrons. The van der Waals surface area contributed by atoms with Crippen molar-refractivity contribution in [1.29, 1.82) is 0 Å². The van der Waals surface area contributed by atoms with Crippen LogP contribution < -0.4 is 0 Å². The molecule has 0 spiro atoms. The van der Waals surface area contributed by atoms with Gasteiger partial charge in [-0.05, 0) is 33.1 Å². The zero-order chi connectivity index (χ0) is 14.3.